The molecule has 0 aliphatic carbocycles. The summed E-state index contributed by atoms with van der Waals surface area (Å²) < 4.78 is 0. The molecule has 3 heteroatoms. The zero-order valence-electron chi connectivity index (χ0n) is 13.3. The van der Waals surface area contributed by atoms with Crippen LogP contribution in [0.5, 0.6) is 0 Å². The third kappa shape index (κ3) is 4.58. The van der Waals surface area contributed by atoms with E-state index in [0.717, 1.165) is 23.6 Å². The molecule has 2 nitrogen and oxygen atoms in total. The van der Waals surface area contributed by atoms with Crippen molar-refractivity contribution < 1.29 is 0 Å². The van der Waals surface area contributed by atoms with Crippen LogP contribution in [-0.4, -0.2) is 11.0 Å². The number of benzene rings is 1. The molecule has 0 saturated carbocycles. The van der Waals surface area contributed by atoms with Crippen LogP contribution < -0.4 is 5.73 Å². The Kier molecular flexibility index (Phi) is 5.43. The largest absolute Gasteiger partial charge is 0.327 e. The number of nitrogens with zero attached hydrogens (tertiary/aromatic N) is 1. The maximum atomic E-state index is 6.14. The Morgan fingerprint density at radius 2 is 1.86 bits per heavy atom. The summed E-state index contributed by atoms with van der Waals surface area (Å²) in [6.45, 7) is 8.42. The van der Waals surface area contributed by atoms with E-state index in [-0.39, 0.29) is 6.04 Å². The number of hydrogen-bond donors (Lipinski definition) is 1. The monoisotopic (exact) mass is 300 g/mol. The number of aryl methyl sites for hydroxylation is 3. The van der Waals surface area contributed by atoms with Crippen molar-refractivity contribution in [3.8, 4) is 0 Å². The minimum atomic E-state index is 0.221. The Labute approximate surface area is 132 Å². The Balaban J connectivity index is 2.30. The van der Waals surface area contributed by atoms with E-state index in [1.807, 2.05) is 6.92 Å². The number of rotatable bonds is 5. The molecule has 0 amide bonds. The molecule has 0 bridgehead atoms. The first-order valence-electron chi connectivity index (χ1n) is 7.46. The van der Waals surface area contributed by atoms with Crippen molar-refractivity contribution in [3.63, 3.8) is 0 Å². The topological polar surface area (TPSA) is 38.9 Å². The van der Waals surface area contributed by atoms with Gasteiger partial charge in [-0.05, 0) is 62.9 Å². The fraction of sp³-hybridized carbons (Fsp3) is 0.389. The standard InChI is InChI=1S/C18H24N2S/c1-5-16(19)11-15-9-12(2)6-7-17(15)21-18-10-13(3)8-14(4)20-18/h6-10,16H,5,11,19H2,1-4H3. The minimum Gasteiger partial charge on any atom is -0.327 e. The van der Waals surface area contributed by atoms with E-state index < -0.39 is 0 Å². The van der Waals surface area contributed by atoms with E-state index in [4.69, 9.17) is 5.73 Å². The zero-order valence-corrected chi connectivity index (χ0v) is 14.1. The summed E-state index contributed by atoms with van der Waals surface area (Å²) in [4.78, 5) is 5.89. The van der Waals surface area contributed by atoms with E-state index in [2.05, 4.69) is 56.1 Å². The molecule has 112 valence electrons. The van der Waals surface area contributed by atoms with Crippen LogP contribution in [0.3, 0.4) is 0 Å². The molecule has 1 unspecified atom stereocenters. The van der Waals surface area contributed by atoms with Gasteiger partial charge in [0.15, 0.2) is 0 Å². The summed E-state index contributed by atoms with van der Waals surface area (Å²) in [7, 11) is 0. The minimum absolute atomic E-state index is 0.221. The van der Waals surface area contributed by atoms with Crippen molar-refractivity contribution in [2.24, 2.45) is 5.73 Å². The van der Waals surface area contributed by atoms with Crippen LogP contribution >= 0.6 is 11.8 Å². The SMILES string of the molecule is CCC(N)Cc1cc(C)ccc1Sc1cc(C)cc(C)n1. The molecule has 2 aromatic rings. The van der Waals surface area contributed by atoms with Crippen molar-refractivity contribution in [2.45, 2.75) is 56.5 Å². The van der Waals surface area contributed by atoms with Crippen molar-refractivity contribution in [1.82, 2.24) is 4.98 Å². The fourth-order valence-corrected chi connectivity index (χ4v) is 3.43. The number of aromatic nitrogens is 1. The molecule has 0 aliphatic heterocycles. The summed E-state index contributed by atoms with van der Waals surface area (Å²) in [6.07, 6.45) is 1.92. The molecule has 1 atom stereocenters. The molecule has 2 N–H and O–H groups in total. The van der Waals surface area contributed by atoms with Gasteiger partial charge in [-0.3, -0.25) is 0 Å². The molecule has 21 heavy (non-hydrogen) atoms. The molecule has 0 spiro atoms. The van der Waals surface area contributed by atoms with Gasteiger partial charge in [0.05, 0.1) is 0 Å². The summed E-state index contributed by atoms with van der Waals surface area (Å²) in [5.74, 6) is 0. The lowest BCUT2D eigenvalue weighted by atomic mass is 10.0. The molecule has 0 aliphatic rings. The van der Waals surface area contributed by atoms with Crippen LogP contribution in [0.2, 0.25) is 0 Å². The van der Waals surface area contributed by atoms with Crippen LogP contribution in [0, 0.1) is 20.8 Å². The highest BCUT2D eigenvalue weighted by Gasteiger charge is 2.10. The number of hydrogen-bond acceptors (Lipinski definition) is 3. The van der Waals surface area contributed by atoms with Crippen LogP contribution in [0.15, 0.2) is 40.3 Å². The molecular weight excluding hydrogens is 276 g/mol. The first kappa shape index (κ1) is 16.1. The van der Waals surface area contributed by atoms with Gasteiger partial charge >= 0.3 is 0 Å². The molecule has 0 saturated heterocycles. The van der Waals surface area contributed by atoms with Gasteiger partial charge in [0.25, 0.3) is 0 Å². The van der Waals surface area contributed by atoms with Gasteiger partial charge in [0.2, 0.25) is 0 Å². The van der Waals surface area contributed by atoms with E-state index >= 15 is 0 Å². The highest BCUT2D eigenvalue weighted by atomic mass is 32.2. The maximum Gasteiger partial charge on any atom is 0.101 e. The van der Waals surface area contributed by atoms with Gasteiger partial charge in [0.1, 0.15) is 5.03 Å². The fourth-order valence-electron chi connectivity index (χ4n) is 2.36. The molecule has 1 aromatic heterocycles. The molecular formula is C18H24N2S. The second-order valence-corrected chi connectivity index (χ2v) is 6.77. The second-order valence-electron chi connectivity index (χ2n) is 5.71. The van der Waals surface area contributed by atoms with Gasteiger partial charge in [-0.15, -0.1) is 0 Å². The van der Waals surface area contributed by atoms with Gasteiger partial charge in [-0.1, -0.05) is 36.4 Å². The molecule has 0 fully saturated rings. The van der Waals surface area contributed by atoms with E-state index in [0.29, 0.717) is 0 Å². The average Bonchev–Trinajstić information content (AvgIpc) is 2.40. The highest BCUT2D eigenvalue weighted by molar-refractivity contribution is 7.99. The van der Waals surface area contributed by atoms with Gasteiger partial charge in [-0.2, -0.15) is 0 Å². The van der Waals surface area contributed by atoms with Crippen molar-refractivity contribution >= 4 is 11.8 Å². The average molecular weight is 300 g/mol. The third-order valence-corrected chi connectivity index (χ3v) is 4.55. The molecule has 1 heterocycles. The van der Waals surface area contributed by atoms with Gasteiger partial charge < -0.3 is 5.73 Å². The summed E-state index contributed by atoms with van der Waals surface area (Å²) in [6, 6.07) is 11.1. The quantitative estimate of drug-likeness (QED) is 0.887. The first-order chi connectivity index (χ1) is 9.97. The highest BCUT2D eigenvalue weighted by Crippen LogP contribution is 2.31. The predicted octanol–water partition coefficient (Wildman–Crippen LogP) is 4.44. The Morgan fingerprint density at radius 1 is 1.10 bits per heavy atom. The van der Waals surface area contributed by atoms with Crippen LogP contribution in [0.25, 0.3) is 0 Å². The maximum absolute atomic E-state index is 6.14. The second kappa shape index (κ2) is 7.10. The van der Waals surface area contributed by atoms with E-state index in [1.54, 1.807) is 11.8 Å². The molecule has 2 rings (SSSR count). The van der Waals surface area contributed by atoms with Crippen molar-refractivity contribution in [1.29, 1.82) is 0 Å². The lowest BCUT2D eigenvalue weighted by Gasteiger charge is -2.14. The first-order valence-corrected chi connectivity index (χ1v) is 8.28. The normalized spacial score (nSPS) is 12.4. The molecule has 0 radical (unpaired) electrons. The summed E-state index contributed by atoms with van der Waals surface area (Å²) >= 11 is 1.74. The molecule has 1 aromatic carbocycles. The predicted molar refractivity (Wildman–Crippen MR) is 91.0 cm³/mol. The third-order valence-electron chi connectivity index (χ3n) is 3.51. The van der Waals surface area contributed by atoms with Crippen LogP contribution in [-0.2, 0) is 6.42 Å². The van der Waals surface area contributed by atoms with Crippen molar-refractivity contribution in [2.75, 3.05) is 0 Å². The summed E-state index contributed by atoms with van der Waals surface area (Å²) in [5, 5.41) is 1.06. The number of pyridine rings is 1. The van der Waals surface area contributed by atoms with Crippen LogP contribution in [0.1, 0.15) is 35.7 Å². The lowest BCUT2D eigenvalue weighted by Crippen LogP contribution is -2.21. The smallest absolute Gasteiger partial charge is 0.101 e. The summed E-state index contributed by atoms with van der Waals surface area (Å²) in [5.41, 5.74) is 11.1. The Hall–Kier alpha value is -1.32. The van der Waals surface area contributed by atoms with E-state index in [9.17, 15) is 0 Å². The Morgan fingerprint density at radius 3 is 2.52 bits per heavy atom. The Bertz CT molecular complexity index is 602. The van der Waals surface area contributed by atoms with Gasteiger partial charge in [0, 0.05) is 16.6 Å². The number of nitrogens with two attached hydrogens (primary N) is 1. The lowest BCUT2D eigenvalue weighted by molar-refractivity contribution is 0.641. The van der Waals surface area contributed by atoms with Crippen molar-refractivity contribution in [3.05, 3.63) is 52.7 Å². The van der Waals surface area contributed by atoms with E-state index in [1.165, 1.54) is 21.6 Å². The van der Waals surface area contributed by atoms with Crippen LogP contribution in [0.4, 0.5) is 0 Å². The zero-order chi connectivity index (χ0) is 15.4. The van der Waals surface area contributed by atoms with Gasteiger partial charge in [-0.25, -0.2) is 4.98 Å².